The van der Waals surface area contributed by atoms with E-state index in [0.29, 0.717) is 18.5 Å². The normalized spacial score (nSPS) is 22.6. The molecule has 0 bridgehead atoms. The molecule has 5 heteroatoms. The minimum Gasteiger partial charge on any atom is -0.444 e. The van der Waals surface area contributed by atoms with Crippen molar-refractivity contribution in [2.45, 2.75) is 38.3 Å². The maximum Gasteiger partial charge on any atom is 0.408 e. The van der Waals surface area contributed by atoms with Gasteiger partial charge in [0.25, 0.3) is 0 Å². The molecular formula is C15H21FN2O2. The highest BCUT2D eigenvalue weighted by atomic mass is 19.1. The molecule has 0 radical (unpaired) electrons. The number of halogens is 1. The fourth-order valence-electron chi connectivity index (χ4n) is 2.44. The minimum atomic E-state index is -0.742. The smallest absolute Gasteiger partial charge is 0.408 e. The third-order valence-corrected chi connectivity index (χ3v) is 3.28. The Morgan fingerprint density at radius 1 is 1.40 bits per heavy atom. The lowest BCUT2D eigenvalue weighted by molar-refractivity contribution is 0.0459. The highest BCUT2D eigenvalue weighted by Gasteiger charge is 2.40. The first-order valence-corrected chi connectivity index (χ1v) is 6.79. The standard InChI is InChI=1S/C15H21FN2O2/c1-14(2,3)20-13(19)18-15(8-9-17-10-15)11-6-4-5-7-12(11)16/h4-7,17H,8-10H2,1-3H3,(H,18,19). The van der Waals surface area contributed by atoms with Crippen LogP contribution in [0.15, 0.2) is 24.3 Å². The molecule has 20 heavy (non-hydrogen) atoms. The third kappa shape index (κ3) is 3.28. The van der Waals surface area contributed by atoms with E-state index in [2.05, 4.69) is 10.6 Å². The molecule has 1 saturated heterocycles. The summed E-state index contributed by atoms with van der Waals surface area (Å²) in [6, 6.07) is 6.53. The molecule has 1 aromatic carbocycles. The lowest BCUT2D eigenvalue weighted by atomic mass is 9.88. The number of amides is 1. The van der Waals surface area contributed by atoms with Gasteiger partial charge in [0.05, 0.1) is 5.54 Å². The fraction of sp³-hybridized carbons (Fsp3) is 0.533. The molecule has 0 aromatic heterocycles. The first kappa shape index (κ1) is 14.8. The van der Waals surface area contributed by atoms with Crippen LogP contribution in [-0.4, -0.2) is 24.8 Å². The second kappa shape index (κ2) is 5.40. The fourth-order valence-corrected chi connectivity index (χ4v) is 2.44. The van der Waals surface area contributed by atoms with Crippen LogP contribution in [0, 0.1) is 5.82 Å². The number of carbonyl (C=O) groups excluding carboxylic acids is 1. The van der Waals surface area contributed by atoms with E-state index in [0.717, 1.165) is 6.54 Å². The van der Waals surface area contributed by atoms with Crippen LogP contribution in [0.5, 0.6) is 0 Å². The van der Waals surface area contributed by atoms with Crippen molar-refractivity contribution in [3.05, 3.63) is 35.6 Å². The van der Waals surface area contributed by atoms with E-state index in [1.807, 2.05) is 0 Å². The number of nitrogens with one attached hydrogen (secondary N) is 2. The molecule has 1 amide bonds. The van der Waals surface area contributed by atoms with Crippen molar-refractivity contribution < 1.29 is 13.9 Å². The molecule has 0 aliphatic carbocycles. The monoisotopic (exact) mass is 280 g/mol. The van der Waals surface area contributed by atoms with Crippen molar-refractivity contribution in [2.24, 2.45) is 0 Å². The van der Waals surface area contributed by atoms with E-state index in [1.165, 1.54) is 6.07 Å². The summed E-state index contributed by atoms with van der Waals surface area (Å²) in [6.07, 6.45) is 0.108. The number of benzene rings is 1. The van der Waals surface area contributed by atoms with Gasteiger partial charge in [-0.1, -0.05) is 18.2 Å². The van der Waals surface area contributed by atoms with Gasteiger partial charge in [-0.3, -0.25) is 0 Å². The number of rotatable bonds is 2. The summed E-state index contributed by atoms with van der Waals surface area (Å²) in [4.78, 5) is 12.0. The Labute approximate surface area is 118 Å². The Morgan fingerprint density at radius 2 is 2.10 bits per heavy atom. The van der Waals surface area contributed by atoms with Gasteiger partial charge < -0.3 is 15.4 Å². The van der Waals surface area contributed by atoms with Crippen LogP contribution in [0.1, 0.15) is 32.8 Å². The van der Waals surface area contributed by atoms with Crippen LogP contribution < -0.4 is 10.6 Å². The molecule has 0 saturated carbocycles. The van der Waals surface area contributed by atoms with Crippen LogP contribution in [0.2, 0.25) is 0 Å². The molecule has 0 spiro atoms. The molecule has 1 atom stereocenters. The summed E-state index contributed by atoms with van der Waals surface area (Å²) in [7, 11) is 0. The Balaban J connectivity index is 2.23. The Kier molecular flexibility index (Phi) is 3.99. The third-order valence-electron chi connectivity index (χ3n) is 3.28. The summed E-state index contributed by atoms with van der Waals surface area (Å²) >= 11 is 0. The summed E-state index contributed by atoms with van der Waals surface area (Å²) < 4.78 is 19.3. The predicted molar refractivity (Wildman–Crippen MR) is 74.9 cm³/mol. The first-order valence-electron chi connectivity index (χ1n) is 6.79. The van der Waals surface area contributed by atoms with E-state index in [9.17, 15) is 9.18 Å². The van der Waals surface area contributed by atoms with Crippen molar-refractivity contribution >= 4 is 6.09 Å². The second-order valence-corrected chi connectivity index (χ2v) is 6.12. The second-order valence-electron chi connectivity index (χ2n) is 6.12. The SMILES string of the molecule is CC(C)(C)OC(=O)NC1(c2ccccc2F)CCNC1. The average Bonchev–Trinajstić information content (AvgIpc) is 2.76. The predicted octanol–water partition coefficient (Wildman–Crippen LogP) is 2.54. The topological polar surface area (TPSA) is 50.4 Å². The Bertz CT molecular complexity index is 491. The van der Waals surface area contributed by atoms with Gasteiger partial charge in [0.2, 0.25) is 0 Å². The van der Waals surface area contributed by atoms with Crippen molar-refractivity contribution in [2.75, 3.05) is 13.1 Å². The van der Waals surface area contributed by atoms with Crippen LogP contribution in [0.4, 0.5) is 9.18 Å². The van der Waals surface area contributed by atoms with Crippen LogP contribution in [-0.2, 0) is 10.3 Å². The average molecular weight is 280 g/mol. The molecule has 110 valence electrons. The van der Waals surface area contributed by atoms with Crippen molar-refractivity contribution in [3.63, 3.8) is 0 Å². The van der Waals surface area contributed by atoms with E-state index in [-0.39, 0.29) is 5.82 Å². The lowest BCUT2D eigenvalue weighted by Crippen LogP contribution is -2.49. The van der Waals surface area contributed by atoms with Gasteiger partial charge in [-0.2, -0.15) is 0 Å². The molecule has 1 fully saturated rings. The number of carbonyl (C=O) groups is 1. The van der Waals surface area contributed by atoms with Gasteiger partial charge in [0.1, 0.15) is 11.4 Å². The maximum absolute atomic E-state index is 14.1. The quantitative estimate of drug-likeness (QED) is 0.875. The van der Waals surface area contributed by atoms with E-state index < -0.39 is 17.2 Å². The molecular weight excluding hydrogens is 259 g/mol. The zero-order valence-electron chi connectivity index (χ0n) is 12.1. The molecule has 1 aliphatic heterocycles. The highest BCUT2D eigenvalue weighted by molar-refractivity contribution is 5.69. The molecule has 2 rings (SSSR count). The van der Waals surface area contributed by atoms with Crippen LogP contribution in [0.3, 0.4) is 0 Å². The van der Waals surface area contributed by atoms with Crippen molar-refractivity contribution in [1.82, 2.24) is 10.6 Å². The largest absolute Gasteiger partial charge is 0.444 e. The summed E-state index contributed by atoms with van der Waals surface area (Å²) in [5.41, 5.74) is -0.823. The molecule has 1 heterocycles. The van der Waals surface area contributed by atoms with E-state index in [1.54, 1.807) is 39.0 Å². The Hall–Kier alpha value is -1.62. The molecule has 4 nitrogen and oxygen atoms in total. The van der Waals surface area contributed by atoms with E-state index >= 15 is 0 Å². The minimum absolute atomic E-state index is 0.313. The molecule has 1 aliphatic rings. The summed E-state index contributed by atoms with van der Waals surface area (Å²) in [5.74, 6) is -0.313. The van der Waals surface area contributed by atoms with Gasteiger partial charge in [-0.25, -0.2) is 9.18 Å². The zero-order chi connectivity index (χ0) is 14.8. The van der Waals surface area contributed by atoms with Gasteiger partial charge in [-0.05, 0) is 39.8 Å². The van der Waals surface area contributed by atoms with Gasteiger partial charge in [0, 0.05) is 12.1 Å². The number of hydrogen-bond donors (Lipinski definition) is 2. The summed E-state index contributed by atoms with van der Waals surface area (Å²) in [5, 5.41) is 6.01. The number of hydrogen-bond acceptors (Lipinski definition) is 3. The van der Waals surface area contributed by atoms with Gasteiger partial charge in [-0.15, -0.1) is 0 Å². The Morgan fingerprint density at radius 3 is 2.65 bits per heavy atom. The lowest BCUT2D eigenvalue weighted by Gasteiger charge is -2.31. The van der Waals surface area contributed by atoms with Crippen molar-refractivity contribution in [1.29, 1.82) is 0 Å². The highest BCUT2D eigenvalue weighted by Crippen LogP contribution is 2.30. The van der Waals surface area contributed by atoms with Gasteiger partial charge in [0.15, 0.2) is 0 Å². The zero-order valence-corrected chi connectivity index (χ0v) is 12.1. The molecule has 1 aromatic rings. The number of alkyl carbamates (subject to hydrolysis) is 1. The summed E-state index contributed by atoms with van der Waals surface area (Å²) in [6.45, 7) is 6.62. The maximum atomic E-state index is 14.1. The molecule has 2 N–H and O–H groups in total. The first-order chi connectivity index (χ1) is 9.32. The van der Waals surface area contributed by atoms with Gasteiger partial charge >= 0.3 is 6.09 Å². The van der Waals surface area contributed by atoms with Crippen LogP contribution >= 0.6 is 0 Å². The van der Waals surface area contributed by atoms with Crippen LogP contribution in [0.25, 0.3) is 0 Å². The number of ether oxygens (including phenoxy) is 1. The van der Waals surface area contributed by atoms with E-state index in [4.69, 9.17) is 4.74 Å². The molecule has 1 unspecified atom stereocenters. The van der Waals surface area contributed by atoms with Crippen molar-refractivity contribution in [3.8, 4) is 0 Å².